The normalized spacial score (nSPS) is 10.4. The first kappa shape index (κ1) is 17.8. The molecular formula is C18H13ClF2N4O. The highest BCUT2D eigenvalue weighted by atomic mass is 35.5. The lowest BCUT2D eigenvalue weighted by atomic mass is 10.2. The summed E-state index contributed by atoms with van der Waals surface area (Å²) in [5, 5.41) is 5.63. The van der Waals surface area contributed by atoms with Crippen molar-refractivity contribution in [3.8, 4) is 0 Å². The molecule has 1 heterocycles. The molecule has 3 aromatic rings. The summed E-state index contributed by atoms with van der Waals surface area (Å²) in [6, 6.07) is 9.82. The highest BCUT2D eigenvalue weighted by molar-refractivity contribution is 6.30. The molecule has 0 fully saturated rings. The maximum absolute atomic E-state index is 13.8. The first-order valence-electron chi connectivity index (χ1n) is 7.58. The zero-order chi connectivity index (χ0) is 18.5. The van der Waals surface area contributed by atoms with Gasteiger partial charge in [-0.1, -0.05) is 23.7 Å². The van der Waals surface area contributed by atoms with E-state index in [1.54, 1.807) is 12.1 Å². The number of halogens is 3. The summed E-state index contributed by atoms with van der Waals surface area (Å²) in [6.07, 6.45) is 2.78. The third kappa shape index (κ3) is 4.31. The minimum atomic E-state index is -0.657. The summed E-state index contributed by atoms with van der Waals surface area (Å²) >= 11 is 5.70. The maximum atomic E-state index is 13.8. The standard InChI is InChI=1S/C18H13ClF2N4O/c19-12-3-6-15(14(21)9-12)25-18(26)16-17(23-8-7-22-16)24-10-11-1-4-13(20)5-2-11/h1-9H,10H2,(H,23,24)(H,25,26). The molecule has 0 radical (unpaired) electrons. The summed E-state index contributed by atoms with van der Waals surface area (Å²) in [4.78, 5) is 20.5. The second-order valence-electron chi connectivity index (χ2n) is 5.31. The van der Waals surface area contributed by atoms with Gasteiger partial charge in [-0.3, -0.25) is 4.79 Å². The average molecular weight is 375 g/mol. The van der Waals surface area contributed by atoms with Gasteiger partial charge in [0.2, 0.25) is 0 Å². The molecule has 132 valence electrons. The van der Waals surface area contributed by atoms with E-state index in [0.29, 0.717) is 6.54 Å². The fourth-order valence-corrected chi connectivity index (χ4v) is 2.35. The molecule has 1 aromatic heterocycles. The number of hydrogen-bond donors (Lipinski definition) is 2. The van der Waals surface area contributed by atoms with Crippen molar-refractivity contribution in [3.05, 3.63) is 82.8 Å². The van der Waals surface area contributed by atoms with Crippen LogP contribution in [-0.2, 0) is 6.54 Å². The van der Waals surface area contributed by atoms with Crippen LogP contribution in [0.3, 0.4) is 0 Å². The van der Waals surface area contributed by atoms with Crippen molar-refractivity contribution in [2.24, 2.45) is 0 Å². The van der Waals surface area contributed by atoms with E-state index in [1.807, 2.05) is 0 Å². The molecule has 0 saturated carbocycles. The third-order valence-electron chi connectivity index (χ3n) is 3.47. The van der Waals surface area contributed by atoms with Crippen LogP contribution in [0.4, 0.5) is 20.3 Å². The Balaban J connectivity index is 1.75. The molecule has 2 aromatic carbocycles. The predicted octanol–water partition coefficient (Wildman–Crippen LogP) is 4.27. The summed E-state index contributed by atoms with van der Waals surface area (Å²) in [5.41, 5.74) is 0.783. The fourth-order valence-electron chi connectivity index (χ4n) is 2.19. The molecule has 0 aliphatic heterocycles. The van der Waals surface area contributed by atoms with Gasteiger partial charge < -0.3 is 10.6 Å². The Hall–Kier alpha value is -3.06. The van der Waals surface area contributed by atoms with Crippen molar-refractivity contribution in [2.45, 2.75) is 6.54 Å². The number of nitrogens with zero attached hydrogens (tertiary/aromatic N) is 2. The lowest BCUT2D eigenvalue weighted by Crippen LogP contribution is -2.18. The Morgan fingerprint density at radius 2 is 1.77 bits per heavy atom. The Labute approximate surface area is 153 Å². The number of nitrogens with one attached hydrogen (secondary N) is 2. The van der Waals surface area contributed by atoms with Gasteiger partial charge in [0.05, 0.1) is 5.69 Å². The molecule has 0 saturated heterocycles. The van der Waals surface area contributed by atoms with Gasteiger partial charge in [0.25, 0.3) is 5.91 Å². The Bertz CT molecular complexity index is 935. The Kier molecular flexibility index (Phi) is 5.38. The van der Waals surface area contributed by atoms with E-state index in [1.165, 1.54) is 36.7 Å². The molecule has 0 spiro atoms. The van der Waals surface area contributed by atoms with E-state index in [0.717, 1.165) is 11.6 Å². The van der Waals surface area contributed by atoms with Crippen LogP contribution in [0.25, 0.3) is 0 Å². The van der Waals surface area contributed by atoms with E-state index in [2.05, 4.69) is 20.6 Å². The summed E-state index contributed by atoms with van der Waals surface area (Å²) in [5.74, 6) is -1.39. The van der Waals surface area contributed by atoms with Crippen LogP contribution < -0.4 is 10.6 Å². The van der Waals surface area contributed by atoms with Crippen molar-refractivity contribution in [1.29, 1.82) is 0 Å². The minimum absolute atomic E-state index is 0.00367. The highest BCUT2D eigenvalue weighted by Gasteiger charge is 2.16. The van der Waals surface area contributed by atoms with E-state index < -0.39 is 11.7 Å². The molecule has 2 N–H and O–H groups in total. The first-order chi connectivity index (χ1) is 12.5. The molecule has 26 heavy (non-hydrogen) atoms. The van der Waals surface area contributed by atoms with Gasteiger partial charge in [0, 0.05) is 24.0 Å². The zero-order valence-corrected chi connectivity index (χ0v) is 14.1. The number of rotatable bonds is 5. The quantitative estimate of drug-likeness (QED) is 0.699. The van der Waals surface area contributed by atoms with Gasteiger partial charge in [-0.15, -0.1) is 0 Å². The van der Waals surface area contributed by atoms with Crippen LogP contribution in [0.2, 0.25) is 5.02 Å². The molecule has 5 nitrogen and oxygen atoms in total. The Morgan fingerprint density at radius 1 is 1.04 bits per heavy atom. The number of carbonyl (C=O) groups excluding carboxylic acids is 1. The van der Waals surface area contributed by atoms with Gasteiger partial charge in [0.1, 0.15) is 11.6 Å². The van der Waals surface area contributed by atoms with E-state index in [4.69, 9.17) is 11.6 Å². The second kappa shape index (κ2) is 7.88. The lowest BCUT2D eigenvalue weighted by Gasteiger charge is -2.11. The molecule has 8 heteroatoms. The number of hydrogen-bond acceptors (Lipinski definition) is 4. The van der Waals surface area contributed by atoms with E-state index >= 15 is 0 Å². The molecular weight excluding hydrogens is 362 g/mol. The van der Waals surface area contributed by atoms with Crippen LogP contribution in [-0.4, -0.2) is 15.9 Å². The average Bonchev–Trinajstić information content (AvgIpc) is 2.64. The first-order valence-corrected chi connectivity index (χ1v) is 7.96. The van der Waals surface area contributed by atoms with Crippen molar-refractivity contribution in [2.75, 3.05) is 10.6 Å². The SMILES string of the molecule is O=C(Nc1ccc(Cl)cc1F)c1nccnc1NCc1ccc(F)cc1. The van der Waals surface area contributed by atoms with Gasteiger partial charge in [0.15, 0.2) is 11.5 Å². The number of amides is 1. The summed E-state index contributed by atoms with van der Waals surface area (Å²) < 4.78 is 26.8. The fraction of sp³-hybridized carbons (Fsp3) is 0.0556. The molecule has 0 bridgehead atoms. The number of carbonyl (C=O) groups is 1. The number of aromatic nitrogens is 2. The van der Waals surface area contributed by atoms with Gasteiger partial charge in [-0.2, -0.15) is 0 Å². The molecule has 1 amide bonds. The van der Waals surface area contributed by atoms with Gasteiger partial charge >= 0.3 is 0 Å². The van der Waals surface area contributed by atoms with Crippen molar-refractivity contribution in [1.82, 2.24) is 9.97 Å². The van der Waals surface area contributed by atoms with E-state index in [9.17, 15) is 13.6 Å². The van der Waals surface area contributed by atoms with E-state index in [-0.39, 0.29) is 28.0 Å². The van der Waals surface area contributed by atoms with Crippen LogP contribution >= 0.6 is 11.6 Å². The minimum Gasteiger partial charge on any atom is -0.364 e. The monoisotopic (exact) mass is 374 g/mol. The molecule has 0 unspecified atom stereocenters. The summed E-state index contributed by atoms with van der Waals surface area (Å²) in [7, 11) is 0. The van der Waals surface area contributed by atoms with Crippen molar-refractivity contribution in [3.63, 3.8) is 0 Å². The number of benzene rings is 2. The number of anilines is 2. The van der Waals surface area contributed by atoms with Crippen LogP contribution in [0.15, 0.2) is 54.9 Å². The molecule has 0 atom stereocenters. The topological polar surface area (TPSA) is 66.9 Å². The smallest absolute Gasteiger partial charge is 0.278 e. The predicted molar refractivity (Wildman–Crippen MR) is 95.1 cm³/mol. The molecule has 0 aliphatic rings. The van der Waals surface area contributed by atoms with Crippen LogP contribution in [0.1, 0.15) is 16.1 Å². The lowest BCUT2D eigenvalue weighted by molar-refractivity contribution is 0.102. The second-order valence-corrected chi connectivity index (χ2v) is 5.75. The highest BCUT2D eigenvalue weighted by Crippen LogP contribution is 2.20. The Morgan fingerprint density at radius 3 is 2.50 bits per heavy atom. The maximum Gasteiger partial charge on any atom is 0.278 e. The largest absolute Gasteiger partial charge is 0.364 e. The van der Waals surface area contributed by atoms with Crippen molar-refractivity contribution >= 4 is 29.0 Å². The van der Waals surface area contributed by atoms with Crippen LogP contribution in [0, 0.1) is 11.6 Å². The third-order valence-corrected chi connectivity index (χ3v) is 3.70. The van der Waals surface area contributed by atoms with Gasteiger partial charge in [-0.05, 0) is 35.9 Å². The van der Waals surface area contributed by atoms with Gasteiger partial charge in [-0.25, -0.2) is 18.7 Å². The summed E-state index contributed by atoms with van der Waals surface area (Å²) in [6.45, 7) is 0.314. The molecule has 0 aliphatic carbocycles. The zero-order valence-electron chi connectivity index (χ0n) is 13.3. The van der Waals surface area contributed by atoms with Crippen molar-refractivity contribution < 1.29 is 13.6 Å². The molecule has 3 rings (SSSR count). The van der Waals surface area contributed by atoms with Crippen LogP contribution in [0.5, 0.6) is 0 Å².